The van der Waals surface area contributed by atoms with Gasteiger partial charge in [0.15, 0.2) is 12.5 Å². The standard InChI is InChI=1S/C30H31N4PS2/c1-31-30(36)32-22-23-37-35-33(26-18-10-4-11-19-26)28(24-14-6-2-7-15-24)29(25-16-8-3-9-17-25)34(35)27-20-12-5-13-21-27/h2-21,28-29H,22-23H2,1H3,(H2,31,32,36)/t28-,29-/m1/s1. The summed E-state index contributed by atoms with van der Waals surface area (Å²) >= 11 is 7.33. The lowest BCUT2D eigenvalue weighted by Crippen LogP contribution is -2.33. The number of para-hydroxylation sites is 2. The molecule has 37 heavy (non-hydrogen) atoms. The summed E-state index contributed by atoms with van der Waals surface area (Å²) in [6.45, 7) is 0.806. The zero-order valence-corrected chi connectivity index (χ0v) is 23.3. The minimum atomic E-state index is -0.806. The fraction of sp³-hybridized carbons (Fsp3) is 0.167. The molecule has 0 amide bonds. The van der Waals surface area contributed by atoms with Crippen molar-refractivity contribution in [1.29, 1.82) is 0 Å². The fourth-order valence-corrected chi connectivity index (χ4v) is 9.92. The third kappa shape index (κ3) is 5.77. The van der Waals surface area contributed by atoms with Crippen LogP contribution in [0.4, 0.5) is 11.4 Å². The summed E-state index contributed by atoms with van der Waals surface area (Å²) in [4.78, 5) is 0. The highest BCUT2D eigenvalue weighted by Crippen LogP contribution is 2.72. The number of nitrogens with zero attached hydrogens (tertiary/aromatic N) is 2. The molecule has 0 bridgehead atoms. The van der Waals surface area contributed by atoms with E-state index in [0.29, 0.717) is 5.11 Å². The van der Waals surface area contributed by atoms with Gasteiger partial charge < -0.3 is 20.0 Å². The zero-order valence-electron chi connectivity index (χ0n) is 20.8. The highest BCUT2D eigenvalue weighted by atomic mass is 32.7. The van der Waals surface area contributed by atoms with Crippen LogP contribution in [0, 0.1) is 0 Å². The summed E-state index contributed by atoms with van der Waals surface area (Å²) < 4.78 is 5.33. The van der Waals surface area contributed by atoms with Crippen LogP contribution in [-0.2, 0) is 0 Å². The molecule has 0 radical (unpaired) electrons. The van der Waals surface area contributed by atoms with Gasteiger partial charge in [-0.25, -0.2) is 0 Å². The van der Waals surface area contributed by atoms with Crippen molar-refractivity contribution >= 4 is 47.5 Å². The number of hydrogen-bond acceptors (Lipinski definition) is 4. The second-order valence-electron chi connectivity index (χ2n) is 8.66. The van der Waals surface area contributed by atoms with Gasteiger partial charge in [0.05, 0.1) is 12.1 Å². The van der Waals surface area contributed by atoms with Gasteiger partial charge in [0.25, 0.3) is 0 Å². The summed E-state index contributed by atoms with van der Waals surface area (Å²) in [6.07, 6.45) is 0. The van der Waals surface area contributed by atoms with Crippen LogP contribution in [0.5, 0.6) is 0 Å². The molecule has 4 aromatic carbocycles. The minimum absolute atomic E-state index is 0.149. The summed E-state index contributed by atoms with van der Waals surface area (Å²) in [5, 5.41) is 7.02. The maximum atomic E-state index is 5.32. The van der Waals surface area contributed by atoms with E-state index >= 15 is 0 Å². The molecule has 4 aromatic rings. The van der Waals surface area contributed by atoms with E-state index in [9.17, 15) is 0 Å². The van der Waals surface area contributed by atoms with Gasteiger partial charge in [-0.05, 0) is 47.6 Å². The van der Waals surface area contributed by atoms with Crippen molar-refractivity contribution in [3.05, 3.63) is 132 Å². The van der Waals surface area contributed by atoms with Crippen molar-refractivity contribution in [2.75, 3.05) is 28.7 Å². The Labute approximate surface area is 230 Å². The van der Waals surface area contributed by atoms with Crippen molar-refractivity contribution in [3.8, 4) is 0 Å². The lowest BCUT2D eigenvalue weighted by molar-refractivity contribution is 0.618. The number of nitrogens with one attached hydrogen (secondary N) is 2. The molecule has 1 saturated heterocycles. The minimum Gasteiger partial charge on any atom is -0.366 e. The number of rotatable bonds is 8. The first-order chi connectivity index (χ1) is 18.3. The summed E-state index contributed by atoms with van der Waals surface area (Å²) in [7, 11) is 1.05. The van der Waals surface area contributed by atoms with Crippen LogP contribution in [0.3, 0.4) is 0 Å². The van der Waals surface area contributed by atoms with Crippen molar-refractivity contribution in [2.45, 2.75) is 12.1 Å². The van der Waals surface area contributed by atoms with Crippen LogP contribution in [0.2, 0.25) is 0 Å². The lowest BCUT2D eigenvalue weighted by Gasteiger charge is -2.33. The van der Waals surface area contributed by atoms with E-state index in [2.05, 4.69) is 141 Å². The molecule has 1 heterocycles. The molecule has 0 saturated carbocycles. The molecule has 2 atom stereocenters. The Morgan fingerprint density at radius 2 is 1.11 bits per heavy atom. The Morgan fingerprint density at radius 3 is 1.51 bits per heavy atom. The van der Waals surface area contributed by atoms with Crippen LogP contribution >= 0.6 is 31.0 Å². The molecule has 5 rings (SSSR count). The van der Waals surface area contributed by atoms with Crippen LogP contribution < -0.4 is 20.0 Å². The van der Waals surface area contributed by atoms with Gasteiger partial charge >= 0.3 is 0 Å². The van der Waals surface area contributed by atoms with E-state index in [-0.39, 0.29) is 12.1 Å². The first-order valence-electron chi connectivity index (χ1n) is 12.4. The first-order valence-corrected chi connectivity index (χ1v) is 15.7. The molecule has 188 valence electrons. The molecule has 0 aliphatic carbocycles. The second-order valence-corrected chi connectivity index (χ2v) is 12.9. The highest BCUT2D eigenvalue weighted by Gasteiger charge is 2.49. The molecule has 7 heteroatoms. The first kappa shape index (κ1) is 25.6. The van der Waals surface area contributed by atoms with Crippen molar-refractivity contribution < 1.29 is 0 Å². The Balaban J connectivity index is 1.65. The van der Waals surface area contributed by atoms with Gasteiger partial charge in [0.2, 0.25) is 0 Å². The fourth-order valence-electron chi connectivity index (χ4n) is 4.72. The van der Waals surface area contributed by atoms with Gasteiger partial charge in [-0.2, -0.15) is 0 Å². The molecular weight excluding hydrogens is 511 g/mol. The smallest absolute Gasteiger partial charge is 0.166 e. The number of benzene rings is 4. The van der Waals surface area contributed by atoms with E-state index in [1.165, 1.54) is 22.5 Å². The molecule has 0 spiro atoms. The topological polar surface area (TPSA) is 30.5 Å². The second kappa shape index (κ2) is 12.5. The number of hydrogen-bond donors (Lipinski definition) is 2. The monoisotopic (exact) mass is 542 g/mol. The number of anilines is 2. The van der Waals surface area contributed by atoms with Gasteiger partial charge in [0, 0.05) is 30.7 Å². The van der Waals surface area contributed by atoms with Gasteiger partial charge in [-0.15, -0.1) is 0 Å². The Bertz CT molecular complexity index is 1170. The normalized spacial score (nSPS) is 17.5. The Morgan fingerprint density at radius 1 is 0.703 bits per heavy atom. The molecule has 1 fully saturated rings. The van der Waals surface area contributed by atoms with E-state index in [0.717, 1.165) is 12.3 Å². The quantitative estimate of drug-likeness (QED) is 0.136. The van der Waals surface area contributed by atoms with Crippen LogP contribution in [0.15, 0.2) is 121 Å². The lowest BCUT2D eigenvalue weighted by atomic mass is 9.92. The molecule has 4 nitrogen and oxygen atoms in total. The summed E-state index contributed by atoms with van der Waals surface area (Å²) in [5.74, 6) is 0.934. The third-order valence-electron chi connectivity index (χ3n) is 6.34. The van der Waals surface area contributed by atoms with E-state index in [1.807, 2.05) is 18.4 Å². The molecule has 1 aliphatic rings. The van der Waals surface area contributed by atoms with Gasteiger partial charge in [-0.1, -0.05) is 108 Å². The SMILES string of the molecule is CNC(=S)NCCSP1N(c2ccccc2)[C@H](c2ccccc2)[C@@H](c2ccccc2)N1c1ccccc1. The maximum absolute atomic E-state index is 5.32. The van der Waals surface area contributed by atoms with Crippen LogP contribution in [0.25, 0.3) is 0 Å². The van der Waals surface area contributed by atoms with Gasteiger partial charge in [-0.3, -0.25) is 0 Å². The number of thiocarbonyl (C=S) groups is 1. The predicted molar refractivity (Wildman–Crippen MR) is 165 cm³/mol. The molecule has 0 unspecified atom stereocenters. The molecule has 0 aromatic heterocycles. The molecule has 1 aliphatic heterocycles. The molecule has 2 N–H and O–H groups in total. The summed E-state index contributed by atoms with van der Waals surface area (Å²) in [5.41, 5.74) is 5.13. The molecular formula is C30H31N4PS2. The van der Waals surface area contributed by atoms with E-state index in [4.69, 9.17) is 12.2 Å². The average Bonchev–Trinajstić information content (AvgIpc) is 3.32. The van der Waals surface area contributed by atoms with Gasteiger partial charge in [0.1, 0.15) is 0 Å². The Hall–Kier alpha value is -3.05. The predicted octanol–water partition coefficient (Wildman–Crippen LogP) is 7.55. The van der Waals surface area contributed by atoms with E-state index < -0.39 is 7.42 Å². The largest absolute Gasteiger partial charge is 0.366 e. The summed E-state index contributed by atoms with van der Waals surface area (Å²) in [6, 6.07) is 44.0. The van der Waals surface area contributed by atoms with E-state index in [1.54, 1.807) is 0 Å². The average molecular weight is 543 g/mol. The van der Waals surface area contributed by atoms with Crippen molar-refractivity contribution in [1.82, 2.24) is 10.6 Å². The van der Waals surface area contributed by atoms with Crippen molar-refractivity contribution in [2.24, 2.45) is 0 Å². The zero-order chi connectivity index (χ0) is 25.5. The van der Waals surface area contributed by atoms with Crippen LogP contribution in [0.1, 0.15) is 23.2 Å². The maximum Gasteiger partial charge on any atom is 0.166 e. The third-order valence-corrected chi connectivity index (χ3v) is 11.3. The van der Waals surface area contributed by atoms with Crippen LogP contribution in [-0.4, -0.2) is 24.5 Å². The Kier molecular flexibility index (Phi) is 8.62. The van der Waals surface area contributed by atoms with Crippen molar-refractivity contribution in [3.63, 3.8) is 0 Å². The highest BCUT2D eigenvalue weighted by molar-refractivity contribution is 8.56.